The van der Waals surface area contributed by atoms with Crippen LogP contribution in [0.15, 0.2) is 0 Å². The van der Waals surface area contributed by atoms with E-state index in [2.05, 4.69) is 4.98 Å². The summed E-state index contributed by atoms with van der Waals surface area (Å²) in [6, 6.07) is -0.862. The van der Waals surface area contributed by atoms with Crippen molar-refractivity contribution in [3.63, 3.8) is 0 Å². The van der Waals surface area contributed by atoms with E-state index in [1.54, 1.807) is 11.3 Å². The molecule has 16 heavy (non-hydrogen) atoms. The Morgan fingerprint density at radius 2 is 2.50 bits per heavy atom. The molecule has 0 bridgehead atoms. The molecule has 6 heteroatoms. The molecule has 0 spiro atoms. The van der Waals surface area contributed by atoms with Crippen molar-refractivity contribution in [3.05, 3.63) is 15.6 Å². The van der Waals surface area contributed by atoms with Crippen LogP contribution in [0.5, 0.6) is 0 Å². The van der Waals surface area contributed by atoms with Crippen LogP contribution in [0.3, 0.4) is 0 Å². The molecule has 1 heterocycles. The van der Waals surface area contributed by atoms with Crippen LogP contribution in [-0.4, -0.2) is 27.5 Å². The Labute approximate surface area is 102 Å². The normalized spacial score (nSPS) is 21.5. The van der Waals surface area contributed by atoms with E-state index < -0.39 is 12.0 Å². The van der Waals surface area contributed by atoms with Gasteiger partial charge in [0.05, 0.1) is 10.7 Å². The van der Waals surface area contributed by atoms with Gasteiger partial charge in [0.1, 0.15) is 6.04 Å². The quantitative estimate of drug-likeness (QED) is 0.801. The first-order valence-corrected chi connectivity index (χ1v) is 6.41. The first-order chi connectivity index (χ1) is 7.56. The minimum atomic E-state index is -0.983. The number of carboxylic acid groups (broad SMARTS) is 1. The fourth-order valence-electron chi connectivity index (χ4n) is 1.75. The van der Waals surface area contributed by atoms with Gasteiger partial charge >= 0.3 is 5.97 Å². The summed E-state index contributed by atoms with van der Waals surface area (Å²) >= 11 is 7.63. The van der Waals surface area contributed by atoms with Gasteiger partial charge in [-0.25, -0.2) is 4.98 Å². The summed E-state index contributed by atoms with van der Waals surface area (Å²) in [5.74, 6) is -0.983. The zero-order valence-electron chi connectivity index (χ0n) is 8.65. The molecule has 1 aromatic rings. The van der Waals surface area contributed by atoms with E-state index in [9.17, 15) is 4.79 Å². The molecule has 0 fully saturated rings. The number of nitrogens with two attached hydrogens (primary N) is 1. The number of carbonyl (C=O) groups is 1. The molecule has 0 saturated carbocycles. The highest BCUT2D eigenvalue weighted by molar-refractivity contribution is 7.11. The lowest BCUT2D eigenvalue weighted by Gasteiger charge is -2.13. The predicted molar refractivity (Wildman–Crippen MR) is 63.1 cm³/mol. The molecule has 1 aromatic heterocycles. The van der Waals surface area contributed by atoms with Gasteiger partial charge in [-0.1, -0.05) is 0 Å². The molecule has 0 radical (unpaired) electrons. The third kappa shape index (κ3) is 2.53. The van der Waals surface area contributed by atoms with E-state index in [1.807, 2.05) is 0 Å². The third-order valence-electron chi connectivity index (χ3n) is 2.63. The molecular weight excluding hydrogens is 248 g/mol. The lowest BCUT2D eigenvalue weighted by molar-refractivity contribution is -0.138. The maximum absolute atomic E-state index is 10.6. The maximum Gasteiger partial charge on any atom is 0.320 e. The second-order valence-electron chi connectivity index (χ2n) is 3.97. The summed E-state index contributed by atoms with van der Waals surface area (Å²) in [6.45, 7) is 0. The first kappa shape index (κ1) is 11.8. The van der Waals surface area contributed by atoms with Crippen LogP contribution in [-0.2, 0) is 24.1 Å². The van der Waals surface area contributed by atoms with Crippen molar-refractivity contribution < 1.29 is 9.90 Å². The molecule has 3 N–H and O–H groups in total. The fourth-order valence-corrected chi connectivity index (χ4v) is 3.18. The minimum absolute atomic E-state index is 0.163. The number of aromatic nitrogens is 1. The Bertz CT molecular complexity index is 408. The highest BCUT2D eigenvalue weighted by Crippen LogP contribution is 2.29. The summed E-state index contributed by atoms with van der Waals surface area (Å²) in [5.41, 5.74) is 6.51. The molecule has 1 aliphatic rings. The van der Waals surface area contributed by atoms with E-state index in [0.29, 0.717) is 6.42 Å². The molecule has 2 rings (SSSR count). The van der Waals surface area contributed by atoms with Gasteiger partial charge in [-0.2, -0.15) is 0 Å². The molecule has 0 saturated heterocycles. The van der Waals surface area contributed by atoms with Gasteiger partial charge in [0.15, 0.2) is 0 Å². The van der Waals surface area contributed by atoms with Gasteiger partial charge in [-0.3, -0.25) is 4.79 Å². The Hall–Kier alpha value is -0.650. The number of aryl methyl sites for hydroxylation is 1. The third-order valence-corrected chi connectivity index (χ3v) is 4.19. The van der Waals surface area contributed by atoms with Gasteiger partial charge in [0, 0.05) is 23.1 Å². The van der Waals surface area contributed by atoms with Crippen molar-refractivity contribution in [1.29, 1.82) is 0 Å². The van der Waals surface area contributed by atoms with Crippen molar-refractivity contribution in [2.45, 2.75) is 37.1 Å². The molecule has 0 amide bonds. The Balaban J connectivity index is 2.10. The van der Waals surface area contributed by atoms with Crippen LogP contribution in [0.1, 0.15) is 22.0 Å². The zero-order chi connectivity index (χ0) is 11.7. The van der Waals surface area contributed by atoms with Gasteiger partial charge in [-0.15, -0.1) is 22.9 Å². The van der Waals surface area contributed by atoms with E-state index in [4.69, 9.17) is 22.4 Å². The highest BCUT2D eigenvalue weighted by atomic mass is 35.5. The maximum atomic E-state index is 10.6. The standard InChI is InChI=1S/C10H13ClN2O2S/c11-5-1-2-8-7(3-5)13-9(16-8)4-6(12)10(14)15/h5-6H,1-4,12H2,(H,14,15)/t5?,6-/m1/s1. The van der Waals surface area contributed by atoms with Crippen LogP contribution in [0.4, 0.5) is 0 Å². The molecule has 88 valence electrons. The smallest absolute Gasteiger partial charge is 0.320 e. The summed E-state index contributed by atoms with van der Waals surface area (Å²) in [4.78, 5) is 16.3. The number of nitrogens with zero attached hydrogens (tertiary/aromatic N) is 1. The summed E-state index contributed by atoms with van der Waals surface area (Å²) in [6.07, 6.45) is 3.01. The van der Waals surface area contributed by atoms with Crippen LogP contribution >= 0.6 is 22.9 Å². The summed E-state index contributed by atoms with van der Waals surface area (Å²) in [7, 11) is 0. The number of carboxylic acids is 1. The van der Waals surface area contributed by atoms with Crippen LogP contribution in [0.2, 0.25) is 0 Å². The van der Waals surface area contributed by atoms with Crippen molar-refractivity contribution in [2.24, 2.45) is 5.73 Å². The fraction of sp³-hybridized carbons (Fsp3) is 0.600. The SMILES string of the molecule is N[C@H](Cc1nc2c(s1)CCC(Cl)C2)C(=O)O. The van der Waals surface area contributed by atoms with Gasteiger partial charge in [-0.05, 0) is 12.8 Å². The first-order valence-electron chi connectivity index (χ1n) is 5.16. The largest absolute Gasteiger partial charge is 0.480 e. The van der Waals surface area contributed by atoms with Crippen molar-refractivity contribution in [1.82, 2.24) is 4.98 Å². The number of aliphatic carboxylic acids is 1. The van der Waals surface area contributed by atoms with Crippen molar-refractivity contribution in [2.75, 3.05) is 0 Å². The average Bonchev–Trinajstić information content (AvgIpc) is 2.58. The zero-order valence-corrected chi connectivity index (χ0v) is 10.2. The molecule has 1 unspecified atom stereocenters. The number of halogens is 1. The predicted octanol–water partition coefficient (Wildman–Crippen LogP) is 1.19. The topological polar surface area (TPSA) is 76.2 Å². The second kappa shape index (κ2) is 4.69. The number of hydrogen-bond donors (Lipinski definition) is 2. The van der Waals surface area contributed by atoms with Gasteiger partial charge in [0.2, 0.25) is 0 Å². The summed E-state index contributed by atoms with van der Waals surface area (Å²) in [5, 5.41) is 9.69. The molecule has 0 aromatic carbocycles. The van der Waals surface area contributed by atoms with Crippen molar-refractivity contribution >= 4 is 28.9 Å². The summed E-state index contributed by atoms with van der Waals surface area (Å²) < 4.78 is 0. The van der Waals surface area contributed by atoms with Crippen LogP contribution in [0, 0.1) is 0 Å². The number of thiazole rings is 1. The van der Waals surface area contributed by atoms with Gasteiger partial charge < -0.3 is 10.8 Å². The number of hydrogen-bond acceptors (Lipinski definition) is 4. The molecule has 4 nitrogen and oxygen atoms in total. The second-order valence-corrected chi connectivity index (χ2v) is 5.75. The lowest BCUT2D eigenvalue weighted by Crippen LogP contribution is -2.32. The van der Waals surface area contributed by atoms with E-state index in [0.717, 1.165) is 30.0 Å². The number of fused-ring (bicyclic) bond motifs is 1. The van der Waals surface area contributed by atoms with E-state index in [1.165, 1.54) is 4.88 Å². The molecular formula is C10H13ClN2O2S. The number of rotatable bonds is 3. The highest BCUT2D eigenvalue weighted by Gasteiger charge is 2.22. The van der Waals surface area contributed by atoms with Crippen molar-refractivity contribution in [3.8, 4) is 0 Å². The molecule has 1 aliphatic carbocycles. The molecule has 0 aliphatic heterocycles. The van der Waals surface area contributed by atoms with Crippen LogP contribution < -0.4 is 5.73 Å². The van der Waals surface area contributed by atoms with Gasteiger partial charge in [0.25, 0.3) is 0 Å². The monoisotopic (exact) mass is 260 g/mol. The Kier molecular flexibility index (Phi) is 3.47. The minimum Gasteiger partial charge on any atom is -0.480 e. The van der Waals surface area contributed by atoms with E-state index in [-0.39, 0.29) is 5.38 Å². The van der Waals surface area contributed by atoms with Crippen LogP contribution in [0.25, 0.3) is 0 Å². The Morgan fingerprint density at radius 3 is 3.19 bits per heavy atom. The number of alkyl halides is 1. The molecule has 2 atom stereocenters. The average molecular weight is 261 g/mol. The van der Waals surface area contributed by atoms with E-state index >= 15 is 0 Å². The Morgan fingerprint density at radius 1 is 1.75 bits per heavy atom. The lowest BCUT2D eigenvalue weighted by atomic mass is 10.0.